The smallest absolute Gasteiger partial charge is 0.259 e. The van der Waals surface area contributed by atoms with E-state index >= 15 is 0 Å². The molecule has 0 aliphatic carbocycles. The number of aromatic nitrogens is 4. The van der Waals surface area contributed by atoms with Crippen molar-refractivity contribution in [2.75, 3.05) is 12.4 Å². The molecule has 0 bridgehead atoms. The highest BCUT2D eigenvalue weighted by Gasteiger charge is 2.20. The largest absolute Gasteiger partial charge is 0.497 e. The molecule has 8 nitrogen and oxygen atoms in total. The van der Waals surface area contributed by atoms with Crippen LogP contribution in [0.4, 0.5) is 5.69 Å². The summed E-state index contributed by atoms with van der Waals surface area (Å²) in [5.41, 5.74) is 4.16. The number of methoxy groups -OCH3 is 1. The Morgan fingerprint density at radius 2 is 2.03 bits per heavy atom. The maximum Gasteiger partial charge on any atom is 0.259 e. The van der Waals surface area contributed by atoms with Crippen LogP contribution in [0.15, 0.2) is 41.1 Å². The van der Waals surface area contributed by atoms with Crippen LogP contribution in [0.25, 0.3) is 22.5 Å². The lowest BCUT2D eigenvalue weighted by atomic mass is 10.1. The number of benzene rings is 1. The van der Waals surface area contributed by atoms with Gasteiger partial charge in [0.25, 0.3) is 11.6 Å². The quantitative estimate of drug-likeness (QED) is 0.553. The van der Waals surface area contributed by atoms with Gasteiger partial charge in [0.2, 0.25) is 0 Å². The number of nitrogens with zero attached hydrogens (tertiary/aromatic N) is 4. The fourth-order valence-corrected chi connectivity index (χ4v) is 3.17. The summed E-state index contributed by atoms with van der Waals surface area (Å²) in [4.78, 5) is 17.7. The van der Waals surface area contributed by atoms with Crippen LogP contribution < -0.4 is 10.1 Å². The minimum Gasteiger partial charge on any atom is -0.497 e. The van der Waals surface area contributed by atoms with Crippen molar-refractivity contribution in [1.82, 2.24) is 19.9 Å². The van der Waals surface area contributed by atoms with Crippen LogP contribution in [-0.4, -0.2) is 32.9 Å². The molecule has 3 aromatic heterocycles. The number of pyridine rings is 1. The first-order valence-electron chi connectivity index (χ1n) is 9.27. The summed E-state index contributed by atoms with van der Waals surface area (Å²) in [6.07, 6.45) is 1.87. The first-order valence-corrected chi connectivity index (χ1v) is 9.27. The van der Waals surface area contributed by atoms with Gasteiger partial charge in [0, 0.05) is 18.4 Å². The summed E-state index contributed by atoms with van der Waals surface area (Å²) in [6.45, 7) is 6.44. The molecule has 1 aromatic carbocycles. The van der Waals surface area contributed by atoms with E-state index in [1.165, 1.54) is 0 Å². The number of carbonyl (C=O) groups is 1. The van der Waals surface area contributed by atoms with Gasteiger partial charge in [-0.1, -0.05) is 5.16 Å². The predicted octanol–water partition coefficient (Wildman–Crippen LogP) is 3.98. The van der Waals surface area contributed by atoms with Crippen LogP contribution in [0.5, 0.6) is 5.75 Å². The normalized spacial score (nSPS) is 11.0. The Hall–Kier alpha value is -3.68. The molecule has 0 aliphatic rings. The summed E-state index contributed by atoms with van der Waals surface area (Å²) in [5, 5.41) is 12.0. The van der Waals surface area contributed by atoms with E-state index in [4.69, 9.17) is 9.26 Å². The fraction of sp³-hybridized carbons (Fsp3) is 0.238. The Labute approximate surface area is 167 Å². The maximum absolute atomic E-state index is 13.2. The summed E-state index contributed by atoms with van der Waals surface area (Å²) < 4.78 is 12.4. The zero-order valence-electron chi connectivity index (χ0n) is 16.7. The average molecular weight is 391 g/mol. The Kier molecular flexibility index (Phi) is 4.75. The standard InChI is InChI=1S/C21H21N5O3/c1-5-26-9-8-17(24-26)18-11-15(19-13(3)25-29-21(19)23-18)20(27)22-16-7-6-14(28-4)10-12(16)2/h6-11H,5H2,1-4H3,(H,22,27). The van der Waals surface area contributed by atoms with E-state index in [1.807, 2.05) is 38.2 Å². The number of carbonyl (C=O) groups excluding carboxylic acids is 1. The zero-order valence-corrected chi connectivity index (χ0v) is 16.7. The van der Waals surface area contributed by atoms with Crippen molar-refractivity contribution < 1.29 is 14.1 Å². The van der Waals surface area contributed by atoms with Gasteiger partial charge in [-0.25, -0.2) is 4.98 Å². The minimum absolute atomic E-state index is 0.270. The third kappa shape index (κ3) is 3.44. The summed E-state index contributed by atoms with van der Waals surface area (Å²) in [5.74, 6) is 0.462. The predicted molar refractivity (Wildman–Crippen MR) is 109 cm³/mol. The number of hydrogen-bond donors (Lipinski definition) is 1. The van der Waals surface area contributed by atoms with Crippen LogP contribution in [0.1, 0.15) is 28.5 Å². The highest BCUT2D eigenvalue weighted by molar-refractivity contribution is 6.13. The fourth-order valence-electron chi connectivity index (χ4n) is 3.17. The van der Waals surface area contributed by atoms with Gasteiger partial charge in [-0.05, 0) is 56.7 Å². The SMILES string of the molecule is CCn1ccc(-c2cc(C(=O)Nc3ccc(OC)cc3C)c3c(C)noc3n2)n1. The van der Waals surface area contributed by atoms with Gasteiger partial charge in [0.05, 0.1) is 29.4 Å². The van der Waals surface area contributed by atoms with Crippen molar-refractivity contribution in [1.29, 1.82) is 0 Å². The molecule has 0 radical (unpaired) electrons. The third-order valence-electron chi connectivity index (χ3n) is 4.77. The lowest BCUT2D eigenvalue weighted by molar-refractivity contribution is 0.102. The molecule has 0 spiro atoms. The van der Waals surface area contributed by atoms with E-state index in [-0.39, 0.29) is 5.91 Å². The van der Waals surface area contributed by atoms with Crippen molar-refractivity contribution in [2.45, 2.75) is 27.3 Å². The van der Waals surface area contributed by atoms with Crippen LogP contribution in [0.2, 0.25) is 0 Å². The molecule has 8 heteroatoms. The molecular weight excluding hydrogens is 370 g/mol. The highest BCUT2D eigenvalue weighted by atomic mass is 16.5. The molecule has 3 heterocycles. The van der Waals surface area contributed by atoms with Gasteiger partial charge in [0.15, 0.2) is 0 Å². The summed E-state index contributed by atoms with van der Waals surface area (Å²) in [6, 6.07) is 9.07. The monoisotopic (exact) mass is 391 g/mol. The molecule has 0 fully saturated rings. The molecule has 0 atom stereocenters. The first-order chi connectivity index (χ1) is 14.0. The van der Waals surface area contributed by atoms with E-state index in [0.717, 1.165) is 17.9 Å². The van der Waals surface area contributed by atoms with Gasteiger partial charge in [-0.2, -0.15) is 5.10 Å². The van der Waals surface area contributed by atoms with Gasteiger partial charge in [0.1, 0.15) is 11.4 Å². The van der Waals surface area contributed by atoms with Crippen molar-refractivity contribution in [3.05, 3.63) is 53.3 Å². The molecule has 4 rings (SSSR count). The Balaban J connectivity index is 1.77. The molecule has 4 aromatic rings. The van der Waals surface area contributed by atoms with E-state index in [2.05, 4.69) is 20.6 Å². The van der Waals surface area contributed by atoms with E-state index in [0.29, 0.717) is 39.4 Å². The topological polar surface area (TPSA) is 95.1 Å². The number of nitrogens with one attached hydrogen (secondary N) is 1. The Morgan fingerprint density at radius 1 is 1.21 bits per heavy atom. The molecule has 1 N–H and O–H groups in total. The van der Waals surface area contributed by atoms with Gasteiger partial charge in [-0.15, -0.1) is 0 Å². The molecule has 0 aliphatic heterocycles. The maximum atomic E-state index is 13.2. The second-order valence-corrected chi connectivity index (χ2v) is 6.69. The molecule has 1 amide bonds. The van der Waals surface area contributed by atoms with Crippen LogP contribution >= 0.6 is 0 Å². The molecule has 0 unspecified atom stereocenters. The van der Waals surface area contributed by atoms with Crippen molar-refractivity contribution in [3.63, 3.8) is 0 Å². The third-order valence-corrected chi connectivity index (χ3v) is 4.77. The zero-order chi connectivity index (χ0) is 20.5. The van der Waals surface area contributed by atoms with Crippen molar-refractivity contribution in [3.8, 4) is 17.1 Å². The van der Waals surface area contributed by atoms with Crippen molar-refractivity contribution >= 4 is 22.7 Å². The molecule has 148 valence electrons. The number of aryl methyl sites for hydroxylation is 3. The average Bonchev–Trinajstić information content (AvgIpc) is 3.35. The Morgan fingerprint density at radius 3 is 2.72 bits per heavy atom. The van der Waals surface area contributed by atoms with Crippen molar-refractivity contribution in [2.24, 2.45) is 0 Å². The molecule has 0 saturated heterocycles. The van der Waals surface area contributed by atoms with E-state index < -0.39 is 0 Å². The molecular formula is C21H21N5O3. The van der Waals surface area contributed by atoms with E-state index in [9.17, 15) is 4.79 Å². The van der Waals surface area contributed by atoms with Gasteiger partial charge >= 0.3 is 0 Å². The van der Waals surface area contributed by atoms with Crippen LogP contribution in [0, 0.1) is 13.8 Å². The number of fused-ring (bicyclic) bond motifs is 1. The van der Waals surface area contributed by atoms with Crippen LogP contribution in [0.3, 0.4) is 0 Å². The molecule has 29 heavy (non-hydrogen) atoms. The lowest BCUT2D eigenvalue weighted by Crippen LogP contribution is -2.14. The number of rotatable bonds is 5. The second kappa shape index (κ2) is 7.38. The minimum atomic E-state index is -0.270. The number of amides is 1. The molecule has 0 saturated carbocycles. The first kappa shape index (κ1) is 18.7. The number of hydrogen-bond acceptors (Lipinski definition) is 6. The Bertz CT molecular complexity index is 1210. The van der Waals surface area contributed by atoms with E-state index in [1.54, 1.807) is 30.8 Å². The summed E-state index contributed by atoms with van der Waals surface area (Å²) >= 11 is 0. The number of ether oxygens (including phenoxy) is 1. The number of anilines is 1. The second-order valence-electron chi connectivity index (χ2n) is 6.69. The highest BCUT2D eigenvalue weighted by Crippen LogP contribution is 2.28. The van der Waals surface area contributed by atoms with Gasteiger partial charge in [-0.3, -0.25) is 9.48 Å². The van der Waals surface area contributed by atoms with Gasteiger partial charge < -0.3 is 14.6 Å². The van der Waals surface area contributed by atoms with Crippen LogP contribution in [-0.2, 0) is 6.54 Å². The lowest BCUT2D eigenvalue weighted by Gasteiger charge is -2.11. The summed E-state index contributed by atoms with van der Waals surface area (Å²) in [7, 11) is 1.61.